The van der Waals surface area contributed by atoms with Crippen molar-refractivity contribution in [1.82, 2.24) is 4.98 Å². The molecule has 2 heterocycles. The Bertz CT molecular complexity index is 1110. The van der Waals surface area contributed by atoms with Crippen LogP contribution in [0.15, 0.2) is 48.5 Å². The van der Waals surface area contributed by atoms with Crippen LogP contribution in [0.1, 0.15) is 16.8 Å². The highest BCUT2D eigenvalue weighted by atomic mass is 32.1. The first-order chi connectivity index (χ1) is 12.0. The summed E-state index contributed by atoms with van der Waals surface area (Å²) in [7, 11) is 0. The van der Waals surface area contributed by atoms with E-state index >= 15 is 0 Å². The summed E-state index contributed by atoms with van der Waals surface area (Å²) in [6.45, 7) is 3.95. The van der Waals surface area contributed by atoms with Gasteiger partial charge in [-0.3, -0.25) is 4.79 Å². The summed E-state index contributed by atoms with van der Waals surface area (Å²) in [6, 6.07) is 16.5. The molecule has 4 rings (SSSR count). The maximum absolute atomic E-state index is 11.5. The van der Waals surface area contributed by atoms with Gasteiger partial charge in [0.25, 0.3) is 0 Å². The normalized spacial score (nSPS) is 11.3. The molecule has 0 saturated carbocycles. The molecule has 124 valence electrons. The van der Waals surface area contributed by atoms with Gasteiger partial charge in [-0.15, -0.1) is 11.3 Å². The number of carboxylic acid groups (broad SMARTS) is 1. The van der Waals surface area contributed by atoms with Crippen molar-refractivity contribution in [2.24, 2.45) is 0 Å². The number of hydrogen-bond donors (Lipinski definition) is 1. The van der Waals surface area contributed by atoms with Crippen molar-refractivity contribution in [3.05, 3.63) is 65.4 Å². The van der Waals surface area contributed by atoms with Crippen LogP contribution in [0, 0.1) is 13.8 Å². The number of pyridine rings is 1. The van der Waals surface area contributed by atoms with E-state index in [1.54, 1.807) is 11.3 Å². The van der Waals surface area contributed by atoms with E-state index in [0.717, 1.165) is 38.0 Å². The van der Waals surface area contributed by atoms with Crippen molar-refractivity contribution >= 4 is 37.6 Å². The van der Waals surface area contributed by atoms with Crippen LogP contribution < -0.4 is 0 Å². The number of aryl methyl sites for hydroxylation is 2. The Morgan fingerprint density at radius 3 is 2.52 bits per heavy atom. The molecule has 25 heavy (non-hydrogen) atoms. The summed E-state index contributed by atoms with van der Waals surface area (Å²) in [6.07, 6.45) is -0.0256. The number of thiophene rings is 1. The van der Waals surface area contributed by atoms with Crippen LogP contribution in [-0.4, -0.2) is 16.1 Å². The first kappa shape index (κ1) is 15.8. The van der Waals surface area contributed by atoms with Gasteiger partial charge in [-0.25, -0.2) is 4.98 Å². The Hall–Kier alpha value is -2.72. The third-order valence-corrected chi connectivity index (χ3v) is 5.57. The van der Waals surface area contributed by atoms with E-state index in [0.29, 0.717) is 0 Å². The fourth-order valence-electron chi connectivity index (χ4n) is 3.31. The Balaban J connectivity index is 2.17. The number of fused-ring (bicyclic) bond motifs is 3. The van der Waals surface area contributed by atoms with Gasteiger partial charge in [0, 0.05) is 21.2 Å². The Labute approximate surface area is 149 Å². The number of aliphatic carboxylic acids is 1. The summed E-state index contributed by atoms with van der Waals surface area (Å²) in [5.41, 5.74) is 4.81. The van der Waals surface area contributed by atoms with Crippen molar-refractivity contribution in [2.45, 2.75) is 20.3 Å². The van der Waals surface area contributed by atoms with E-state index in [1.165, 1.54) is 10.3 Å². The minimum atomic E-state index is -0.836. The molecule has 1 N–H and O–H groups in total. The highest BCUT2D eigenvalue weighted by Crippen LogP contribution is 2.41. The van der Waals surface area contributed by atoms with Crippen LogP contribution in [0.5, 0.6) is 0 Å². The van der Waals surface area contributed by atoms with Crippen LogP contribution in [0.4, 0.5) is 0 Å². The fourth-order valence-corrected chi connectivity index (χ4v) is 4.44. The third kappa shape index (κ3) is 2.68. The van der Waals surface area contributed by atoms with E-state index in [2.05, 4.69) is 43.3 Å². The fraction of sp³-hybridized carbons (Fsp3) is 0.143. The molecule has 4 heteroatoms. The van der Waals surface area contributed by atoms with Gasteiger partial charge in [-0.05, 0) is 36.6 Å². The highest BCUT2D eigenvalue weighted by Gasteiger charge is 2.20. The largest absolute Gasteiger partial charge is 0.481 e. The molecule has 0 aliphatic rings. The Kier molecular flexibility index (Phi) is 3.77. The lowest BCUT2D eigenvalue weighted by Gasteiger charge is -2.13. The van der Waals surface area contributed by atoms with E-state index in [-0.39, 0.29) is 6.42 Å². The monoisotopic (exact) mass is 347 g/mol. The van der Waals surface area contributed by atoms with E-state index in [9.17, 15) is 9.90 Å². The second-order valence-electron chi connectivity index (χ2n) is 6.27. The first-order valence-corrected chi connectivity index (χ1v) is 8.96. The average molecular weight is 347 g/mol. The zero-order valence-corrected chi connectivity index (χ0v) is 14.9. The number of rotatable bonds is 3. The van der Waals surface area contributed by atoms with Crippen molar-refractivity contribution in [2.75, 3.05) is 0 Å². The molecular weight excluding hydrogens is 330 g/mol. The van der Waals surface area contributed by atoms with Gasteiger partial charge < -0.3 is 5.11 Å². The lowest BCUT2D eigenvalue weighted by molar-refractivity contribution is -0.136. The molecule has 0 spiro atoms. The first-order valence-electron chi connectivity index (χ1n) is 8.14. The Morgan fingerprint density at radius 2 is 1.80 bits per heavy atom. The molecule has 0 amide bonds. The zero-order chi connectivity index (χ0) is 17.6. The second-order valence-corrected chi connectivity index (χ2v) is 7.30. The highest BCUT2D eigenvalue weighted by molar-refractivity contribution is 7.25. The SMILES string of the molecule is Cc1ccc(-c2c(CC(=O)O)c(C)nc3sc4ccccc4c23)cc1. The summed E-state index contributed by atoms with van der Waals surface area (Å²) in [5.74, 6) is -0.836. The van der Waals surface area contributed by atoms with Crippen LogP contribution in [0.25, 0.3) is 31.4 Å². The summed E-state index contributed by atoms with van der Waals surface area (Å²) in [4.78, 5) is 17.2. The van der Waals surface area contributed by atoms with Gasteiger partial charge in [0.1, 0.15) is 4.83 Å². The number of carboxylic acids is 1. The van der Waals surface area contributed by atoms with Crippen molar-refractivity contribution in [3.8, 4) is 11.1 Å². The predicted octanol–water partition coefficient (Wildman–Crippen LogP) is 5.36. The molecule has 2 aromatic carbocycles. The number of nitrogens with zero attached hydrogens (tertiary/aromatic N) is 1. The summed E-state index contributed by atoms with van der Waals surface area (Å²) < 4.78 is 1.17. The zero-order valence-electron chi connectivity index (χ0n) is 14.0. The number of aromatic nitrogens is 1. The molecule has 0 radical (unpaired) electrons. The van der Waals surface area contributed by atoms with Crippen molar-refractivity contribution in [3.63, 3.8) is 0 Å². The molecule has 2 aromatic heterocycles. The number of hydrogen-bond acceptors (Lipinski definition) is 3. The molecule has 0 aliphatic heterocycles. The van der Waals surface area contributed by atoms with Gasteiger partial charge in [0.05, 0.1) is 6.42 Å². The van der Waals surface area contributed by atoms with Gasteiger partial charge in [0.15, 0.2) is 0 Å². The summed E-state index contributed by atoms with van der Waals surface area (Å²) >= 11 is 1.66. The van der Waals surface area contributed by atoms with Crippen LogP contribution in [0.2, 0.25) is 0 Å². The van der Waals surface area contributed by atoms with E-state index < -0.39 is 5.97 Å². The minimum Gasteiger partial charge on any atom is -0.481 e. The standard InChI is InChI=1S/C21H17NO2S/c1-12-7-9-14(10-8-12)19-16(11-18(23)24)13(2)22-21-20(19)15-5-3-4-6-17(15)25-21/h3-10H,11H2,1-2H3,(H,23,24). The van der Waals surface area contributed by atoms with Crippen molar-refractivity contribution in [1.29, 1.82) is 0 Å². The topological polar surface area (TPSA) is 50.2 Å². The van der Waals surface area contributed by atoms with Crippen LogP contribution >= 0.6 is 11.3 Å². The smallest absolute Gasteiger partial charge is 0.307 e. The lowest BCUT2D eigenvalue weighted by Crippen LogP contribution is -2.06. The van der Waals surface area contributed by atoms with E-state index in [4.69, 9.17) is 4.98 Å². The molecule has 0 fully saturated rings. The number of benzene rings is 2. The van der Waals surface area contributed by atoms with Gasteiger partial charge in [-0.2, -0.15) is 0 Å². The molecule has 4 aromatic rings. The molecular formula is C21H17NO2S. The van der Waals surface area contributed by atoms with E-state index in [1.807, 2.05) is 19.1 Å². The quantitative estimate of drug-likeness (QED) is 0.543. The van der Waals surface area contributed by atoms with Crippen molar-refractivity contribution < 1.29 is 9.90 Å². The lowest BCUT2D eigenvalue weighted by atomic mass is 9.92. The average Bonchev–Trinajstić information content (AvgIpc) is 2.94. The maximum atomic E-state index is 11.5. The van der Waals surface area contributed by atoms with Gasteiger partial charge >= 0.3 is 5.97 Å². The minimum absolute atomic E-state index is 0.0256. The van der Waals surface area contributed by atoms with Gasteiger partial charge in [0.2, 0.25) is 0 Å². The molecule has 0 aliphatic carbocycles. The van der Waals surface area contributed by atoms with Crippen LogP contribution in [-0.2, 0) is 11.2 Å². The Morgan fingerprint density at radius 1 is 1.08 bits per heavy atom. The maximum Gasteiger partial charge on any atom is 0.307 e. The van der Waals surface area contributed by atoms with Crippen LogP contribution in [0.3, 0.4) is 0 Å². The molecule has 0 saturated heterocycles. The third-order valence-electron chi connectivity index (χ3n) is 4.50. The number of carbonyl (C=O) groups is 1. The molecule has 0 bridgehead atoms. The van der Waals surface area contributed by atoms with Gasteiger partial charge in [-0.1, -0.05) is 48.0 Å². The predicted molar refractivity (Wildman–Crippen MR) is 103 cm³/mol. The second kappa shape index (κ2) is 5.97. The summed E-state index contributed by atoms with van der Waals surface area (Å²) in [5, 5.41) is 11.6. The molecule has 0 unspecified atom stereocenters. The molecule has 0 atom stereocenters. The molecule has 3 nitrogen and oxygen atoms in total.